The number of aromatic nitrogens is 2. The maximum Gasteiger partial charge on any atom is 0.223 e. The Bertz CT molecular complexity index is 281. The van der Waals surface area contributed by atoms with Gasteiger partial charge in [-0.2, -0.15) is 4.98 Å². The molecule has 0 aromatic carbocycles. The summed E-state index contributed by atoms with van der Waals surface area (Å²) in [6.07, 6.45) is 1.20. The standard InChI is InChI=1S/C9H15N3O2/c1-7-11-9(12-14-7)6-13-5-8-2-3-10-4-8/h8,10H,2-6H2,1H3. The molecular weight excluding hydrogens is 182 g/mol. The molecule has 1 aliphatic rings. The van der Waals surface area contributed by atoms with Crippen molar-refractivity contribution >= 4 is 0 Å². The predicted molar refractivity (Wildman–Crippen MR) is 49.7 cm³/mol. The average molecular weight is 197 g/mol. The van der Waals surface area contributed by atoms with Crippen molar-refractivity contribution in [3.05, 3.63) is 11.7 Å². The monoisotopic (exact) mass is 197 g/mol. The first kappa shape index (κ1) is 9.61. The highest BCUT2D eigenvalue weighted by atomic mass is 16.5. The molecule has 1 N–H and O–H groups in total. The number of nitrogens with one attached hydrogen (secondary N) is 1. The molecule has 0 saturated carbocycles. The second-order valence-corrected chi connectivity index (χ2v) is 3.60. The minimum Gasteiger partial charge on any atom is -0.373 e. The number of aryl methyl sites for hydroxylation is 1. The highest BCUT2D eigenvalue weighted by Gasteiger charge is 2.14. The van der Waals surface area contributed by atoms with Crippen LogP contribution in [0.2, 0.25) is 0 Å². The number of hydrogen-bond donors (Lipinski definition) is 1. The Labute approximate surface area is 82.8 Å². The topological polar surface area (TPSA) is 60.2 Å². The van der Waals surface area contributed by atoms with Crippen LogP contribution in [0.5, 0.6) is 0 Å². The van der Waals surface area contributed by atoms with Crippen molar-refractivity contribution < 1.29 is 9.26 Å². The van der Waals surface area contributed by atoms with Crippen LogP contribution < -0.4 is 5.32 Å². The molecule has 1 unspecified atom stereocenters. The largest absolute Gasteiger partial charge is 0.373 e. The first-order valence-corrected chi connectivity index (χ1v) is 4.92. The van der Waals surface area contributed by atoms with E-state index in [4.69, 9.17) is 9.26 Å². The molecule has 78 valence electrons. The number of rotatable bonds is 4. The van der Waals surface area contributed by atoms with E-state index in [1.807, 2.05) is 0 Å². The Hall–Kier alpha value is -0.940. The van der Waals surface area contributed by atoms with Gasteiger partial charge < -0.3 is 14.6 Å². The Morgan fingerprint density at radius 3 is 3.21 bits per heavy atom. The molecule has 1 saturated heterocycles. The molecule has 0 radical (unpaired) electrons. The van der Waals surface area contributed by atoms with Crippen LogP contribution in [0.4, 0.5) is 0 Å². The minimum atomic E-state index is 0.452. The second-order valence-electron chi connectivity index (χ2n) is 3.60. The molecule has 0 aliphatic carbocycles. The fraction of sp³-hybridized carbons (Fsp3) is 0.778. The van der Waals surface area contributed by atoms with Crippen LogP contribution in [0.3, 0.4) is 0 Å². The highest BCUT2D eigenvalue weighted by Crippen LogP contribution is 2.08. The van der Waals surface area contributed by atoms with Gasteiger partial charge in [-0.3, -0.25) is 0 Å². The lowest BCUT2D eigenvalue weighted by Gasteiger charge is -2.06. The summed E-state index contributed by atoms with van der Waals surface area (Å²) in [6, 6.07) is 0. The number of ether oxygens (including phenoxy) is 1. The Balaban J connectivity index is 1.67. The second kappa shape index (κ2) is 4.52. The van der Waals surface area contributed by atoms with Gasteiger partial charge in [-0.25, -0.2) is 0 Å². The third-order valence-electron chi connectivity index (χ3n) is 2.32. The van der Waals surface area contributed by atoms with E-state index in [0.29, 0.717) is 24.2 Å². The average Bonchev–Trinajstić information content (AvgIpc) is 2.77. The van der Waals surface area contributed by atoms with Gasteiger partial charge >= 0.3 is 0 Å². The molecule has 1 atom stereocenters. The van der Waals surface area contributed by atoms with Crippen molar-refractivity contribution in [2.24, 2.45) is 5.92 Å². The zero-order valence-corrected chi connectivity index (χ0v) is 8.32. The van der Waals surface area contributed by atoms with E-state index < -0.39 is 0 Å². The zero-order chi connectivity index (χ0) is 9.80. The normalized spacial score (nSPS) is 21.6. The summed E-state index contributed by atoms with van der Waals surface area (Å²) in [5.74, 6) is 1.86. The van der Waals surface area contributed by atoms with Gasteiger partial charge in [0, 0.05) is 13.5 Å². The Morgan fingerprint density at radius 2 is 2.57 bits per heavy atom. The van der Waals surface area contributed by atoms with Gasteiger partial charge in [0.1, 0.15) is 6.61 Å². The van der Waals surface area contributed by atoms with E-state index in [2.05, 4.69) is 15.5 Å². The first-order valence-electron chi connectivity index (χ1n) is 4.92. The number of hydrogen-bond acceptors (Lipinski definition) is 5. The third-order valence-corrected chi connectivity index (χ3v) is 2.32. The van der Waals surface area contributed by atoms with Crippen LogP contribution in [-0.2, 0) is 11.3 Å². The lowest BCUT2D eigenvalue weighted by atomic mass is 10.1. The van der Waals surface area contributed by atoms with Gasteiger partial charge in [0.05, 0.1) is 6.61 Å². The van der Waals surface area contributed by atoms with Crippen molar-refractivity contribution in [3.63, 3.8) is 0 Å². The van der Waals surface area contributed by atoms with E-state index in [9.17, 15) is 0 Å². The van der Waals surface area contributed by atoms with Crippen molar-refractivity contribution in [1.29, 1.82) is 0 Å². The van der Waals surface area contributed by atoms with Crippen molar-refractivity contribution in [2.75, 3.05) is 19.7 Å². The van der Waals surface area contributed by atoms with Crippen molar-refractivity contribution in [2.45, 2.75) is 20.0 Å². The van der Waals surface area contributed by atoms with Crippen LogP contribution in [0.25, 0.3) is 0 Å². The van der Waals surface area contributed by atoms with E-state index in [0.717, 1.165) is 19.7 Å². The molecule has 5 heteroatoms. The fourth-order valence-electron chi connectivity index (χ4n) is 1.57. The summed E-state index contributed by atoms with van der Waals surface area (Å²) >= 11 is 0. The minimum absolute atomic E-state index is 0.452. The summed E-state index contributed by atoms with van der Waals surface area (Å²) in [6.45, 7) is 5.17. The first-order chi connectivity index (χ1) is 6.84. The van der Waals surface area contributed by atoms with Crippen LogP contribution in [-0.4, -0.2) is 29.8 Å². The fourth-order valence-corrected chi connectivity index (χ4v) is 1.57. The van der Waals surface area contributed by atoms with Crippen molar-refractivity contribution in [1.82, 2.24) is 15.5 Å². The molecule has 0 bridgehead atoms. The molecule has 2 rings (SSSR count). The summed E-state index contributed by atoms with van der Waals surface area (Å²) in [4.78, 5) is 4.06. The Morgan fingerprint density at radius 1 is 1.64 bits per heavy atom. The smallest absolute Gasteiger partial charge is 0.223 e. The van der Waals surface area contributed by atoms with E-state index >= 15 is 0 Å². The quantitative estimate of drug-likeness (QED) is 0.761. The van der Waals surface area contributed by atoms with Crippen LogP contribution in [0, 0.1) is 12.8 Å². The summed E-state index contributed by atoms with van der Waals surface area (Å²) in [5, 5.41) is 7.05. The SMILES string of the molecule is Cc1nc(COCC2CCNC2)no1. The molecule has 1 aromatic heterocycles. The Kier molecular flexibility index (Phi) is 3.10. The maximum atomic E-state index is 5.49. The van der Waals surface area contributed by atoms with Gasteiger partial charge in [-0.1, -0.05) is 5.16 Å². The molecule has 14 heavy (non-hydrogen) atoms. The molecular formula is C9H15N3O2. The van der Waals surface area contributed by atoms with E-state index in [-0.39, 0.29) is 0 Å². The van der Waals surface area contributed by atoms with Gasteiger partial charge in [-0.15, -0.1) is 0 Å². The van der Waals surface area contributed by atoms with Crippen LogP contribution in [0.15, 0.2) is 4.52 Å². The number of nitrogens with zero attached hydrogens (tertiary/aromatic N) is 2. The van der Waals surface area contributed by atoms with Gasteiger partial charge in [0.15, 0.2) is 5.82 Å². The third kappa shape index (κ3) is 2.52. The molecule has 1 fully saturated rings. The lowest BCUT2D eigenvalue weighted by Crippen LogP contribution is -2.13. The predicted octanol–water partition coefficient (Wildman–Crippen LogP) is 0.504. The summed E-state index contributed by atoms with van der Waals surface area (Å²) in [7, 11) is 0. The van der Waals surface area contributed by atoms with Gasteiger partial charge in [0.2, 0.25) is 5.89 Å². The van der Waals surface area contributed by atoms with Crippen LogP contribution in [0.1, 0.15) is 18.1 Å². The zero-order valence-electron chi connectivity index (χ0n) is 8.32. The van der Waals surface area contributed by atoms with E-state index in [1.54, 1.807) is 6.92 Å². The molecule has 2 heterocycles. The van der Waals surface area contributed by atoms with Crippen molar-refractivity contribution in [3.8, 4) is 0 Å². The van der Waals surface area contributed by atoms with Gasteiger partial charge in [-0.05, 0) is 18.9 Å². The van der Waals surface area contributed by atoms with E-state index in [1.165, 1.54) is 6.42 Å². The molecule has 0 spiro atoms. The lowest BCUT2D eigenvalue weighted by molar-refractivity contribution is 0.0864. The molecule has 5 nitrogen and oxygen atoms in total. The van der Waals surface area contributed by atoms with Gasteiger partial charge in [0.25, 0.3) is 0 Å². The summed E-state index contributed by atoms with van der Waals surface area (Å²) in [5.41, 5.74) is 0. The summed E-state index contributed by atoms with van der Waals surface area (Å²) < 4.78 is 10.3. The maximum absolute atomic E-state index is 5.49. The molecule has 1 aromatic rings. The van der Waals surface area contributed by atoms with Crippen LogP contribution >= 0.6 is 0 Å². The molecule has 0 amide bonds. The highest BCUT2D eigenvalue weighted by molar-refractivity contribution is 4.81. The molecule has 1 aliphatic heterocycles.